The monoisotopic (exact) mass is 337 g/mol. The zero-order valence-corrected chi connectivity index (χ0v) is 14.6. The minimum absolute atomic E-state index is 0.0708. The minimum atomic E-state index is -0.0708. The summed E-state index contributed by atoms with van der Waals surface area (Å²) in [5, 5.41) is 11.2. The molecule has 6 heteroatoms. The van der Waals surface area contributed by atoms with Gasteiger partial charge >= 0.3 is 0 Å². The van der Waals surface area contributed by atoms with Crippen LogP contribution in [0.1, 0.15) is 29.5 Å². The number of pyridine rings is 1. The summed E-state index contributed by atoms with van der Waals surface area (Å²) in [7, 11) is 2.06. The molecule has 25 heavy (non-hydrogen) atoms. The van der Waals surface area contributed by atoms with Crippen molar-refractivity contribution in [1.29, 1.82) is 0 Å². The van der Waals surface area contributed by atoms with Gasteiger partial charge in [0.25, 0.3) is 5.91 Å². The second-order valence-corrected chi connectivity index (χ2v) is 6.02. The summed E-state index contributed by atoms with van der Waals surface area (Å²) in [6.45, 7) is 3.67. The third-order valence-electron chi connectivity index (χ3n) is 4.15. The Kier molecular flexibility index (Phi) is 5.28. The van der Waals surface area contributed by atoms with Gasteiger partial charge in [0.1, 0.15) is 5.82 Å². The Hall–Kier alpha value is -2.89. The van der Waals surface area contributed by atoms with Gasteiger partial charge in [-0.05, 0) is 42.8 Å². The third-order valence-corrected chi connectivity index (χ3v) is 4.15. The predicted octanol–water partition coefficient (Wildman–Crippen LogP) is 2.55. The minimum Gasteiger partial charge on any atom is -0.375 e. The molecule has 0 aliphatic heterocycles. The summed E-state index contributed by atoms with van der Waals surface area (Å²) < 4.78 is 1.94. The molecule has 0 fully saturated rings. The van der Waals surface area contributed by atoms with Crippen molar-refractivity contribution in [2.45, 2.75) is 19.8 Å². The van der Waals surface area contributed by atoms with Crippen LogP contribution in [0.3, 0.4) is 0 Å². The summed E-state index contributed by atoms with van der Waals surface area (Å²) >= 11 is 0. The Balaban J connectivity index is 1.55. The molecule has 0 spiro atoms. The van der Waals surface area contributed by atoms with Crippen LogP contribution in [0.4, 0.5) is 5.69 Å². The highest BCUT2D eigenvalue weighted by Crippen LogP contribution is 2.14. The van der Waals surface area contributed by atoms with E-state index in [0.29, 0.717) is 18.5 Å². The Morgan fingerprint density at radius 1 is 1.16 bits per heavy atom. The molecule has 3 rings (SSSR count). The second-order valence-electron chi connectivity index (χ2n) is 6.02. The lowest BCUT2D eigenvalue weighted by atomic mass is 10.2. The lowest BCUT2D eigenvalue weighted by Crippen LogP contribution is -2.26. The number of nitrogens with zero attached hydrogens (tertiary/aromatic N) is 4. The molecule has 2 aromatic heterocycles. The van der Waals surface area contributed by atoms with E-state index in [2.05, 4.69) is 34.4 Å². The number of hydrogen-bond donors (Lipinski definition) is 1. The number of carbonyl (C=O) groups is 1. The van der Waals surface area contributed by atoms with E-state index in [9.17, 15) is 4.79 Å². The molecule has 0 atom stereocenters. The molecule has 0 unspecified atom stereocenters. The van der Waals surface area contributed by atoms with E-state index in [-0.39, 0.29) is 5.91 Å². The van der Waals surface area contributed by atoms with E-state index in [1.54, 1.807) is 0 Å². The fraction of sp³-hybridized carbons (Fsp3) is 0.316. The van der Waals surface area contributed by atoms with E-state index in [1.807, 2.05) is 53.1 Å². The topological polar surface area (TPSA) is 62.5 Å². The van der Waals surface area contributed by atoms with Crippen LogP contribution in [0.2, 0.25) is 0 Å². The molecule has 0 saturated carbocycles. The fourth-order valence-electron chi connectivity index (χ4n) is 2.78. The summed E-state index contributed by atoms with van der Waals surface area (Å²) in [6, 6.07) is 13.5. The third kappa shape index (κ3) is 3.96. The van der Waals surface area contributed by atoms with E-state index in [1.165, 1.54) is 0 Å². The number of carbonyl (C=O) groups excluding carboxylic acids is 1. The highest BCUT2D eigenvalue weighted by molar-refractivity contribution is 5.94. The van der Waals surface area contributed by atoms with E-state index in [0.717, 1.165) is 30.1 Å². The van der Waals surface area contributed by atoms with Crippen molar-refractivity contribution in [2.24, 2.45) is 0 Å². The molecule has 2 heterocycles. The van der Waals surface area contributed by atoms with Crippen molar-refractivity contribution < 1.29 is 4.79 Å². The van der Waals surface area contributed by atoms with Gasteiger partial charge in [0.05, 0.1) is 0 Å². The van der Waals surface area contributed by atoms with Gasteiger partial charge in [-0.15, -0.1) is 10.2 Å². The lowest BCUT2D eigenvalue weighted by Gasteiger charge is -2.18. The number of nitrogens with one attached hydrogen (secondary N) is 1. The Bertz CT molecular complexity index is 840. The molecule has 0 bridgehead atoms. The van der Waals surface area contributed by atoms with Crippen molar-refractivity contribution >= 4 is 17.2 Å². The van der Waals surface area contributed by atoms with Crippen LogP contribution in [0.25, 0.3) is 5.65 Å². The summed E-state index contributed by atoms with van der Waals surface area (Å²) in [6.07, 6.45) is 3.66. The quantitative estimate of drug-likeness (QED) is 0.720. The first-order valence-corrected chi connectivity index (χ1v) is 8.57. The van der Waals surface area contributed by atoms with Gasteiger partial charge in [0, 0.05) is 44.0 Å². The van der Waals surface area contributed by atoms with Crippen molar-refractivity contribution in [3.63, 3.8) is 0 Å². The summed E-state index contributed by atoms with van der Waals surface area (Å²) in [4.78, 5) is 14.5. The molecule has 130 valence electrons. The predicted molar refractivity (Wildman–Crippen MR) is 99.0 cm³/mol. The van der Waals surface area contributed by atoms with Gasteiger partial charge in [-0.2, -0.15) is 0 Å². The molecule has 0 radical (unpaired) electrons. The van der Waals surface area contributed by atoms with Crippen LogP contribution in [0.15, 0.2) is 48.7 Å². The van der Waals surface area contributed by atoms with Crippen LogP contribution in [-0.2, 0) is 6.42 Å². The fourth-order valence-corrected chi connectivity index (χ4v) is 2.78. The molecule has 0 saturated heterocycles. The van der Waals surface area contributed by atoms with Gasteiger partial charge < -0.3 is 10.2 Å². The lowest BCUT2D eigenvalue weighted by molar-refractivity contribution is 0.0954. The Morgan fingerprint density at radius 3 is 2.72 bits per heavy atom. The first-order valence-electron chi connectivity index (χ1n) is 8.57. The SMILES string of the molecule is CCCN(C)c1ccc(C(=O)NCCc2nnc3ccccn23)cc1. The van der Waals surface area contributed by atoms with Gasteiger partial charge in [-0.3, -0.25) is 9.20 Å². The first-order chi connectivity index (χ1) is 12.2. The van der Waals surface area contributed by atoms with E-state index < -0.39 is 0 Å². The molecule has 6 nitrogen and oxygen atoms in total. The highest BCUT2D eigenvalue weighted by Gasteiger charge is 2.08. The van der Waals surface area contributed by atoms with Crippen LogP contribution in [0, 0.1) is 0 Å². The maximum absolute atomic E-state index is 12.3. The van der Waals surface area contributed by atoms with Crippen LogP contribution in [-0.4, -0.2) is 40.6 Å². The van der Waals surface area contributed by atoms with Crippen molar-refractivity contribution in [1.82, 2.24) is 19.9 Å². The van der Waals surface area contributed by atoms with E-state index in [4.69, 9.17) is 0 Å². The number of benzene rings is 1. The summed E-state index contributed by atoms with van der Waals surface area (Å²) in [5.41, 5.74) is 2.60. The molecule has 0 aliphatic rings. The van der Waals surface area contributed by atoms with Crippen LogP contribution < -0.4 is 10.2 Å². The largest absolute Gasteiger partial charge is 0.375 e. The normalized spacial score (nSPS) is 10.8. The molecule has 3 aromatic rings. The highest BCUT2D eigenvalue weighted by atomic mass is 16.1. The number of anilines is 1. The molecule has 1 N–H and O–H groups in total. The average Bonchev–Trinajstić information content (AvgIpc) is 3.05. The molecular weight excluding hydrogens is 314 g/mol. The van der Waals surface area contributed by atoms with Gasteiger partial charge in [-0.25, -0.2) is 0 Å². The first kappa shape index (κ1) is 17.0. The standard InChI is InChI=1S/C19H23N5O/c1-3-13-23(2)16-9-7-15(8-10-16)19(25)20-12-11-18-22-21-17-6-4-5-14-24(17)18/h4-10,14H,3,11-13H2,1-2H3,(H,20,25). The molecule has 0 aliphatic carbocycles. The van der Waals surface area contributed by atoms with Crippen molar-refractivity contribution in [3.8, 4) is 0 Å². The maximum Gasteiger partial charge on any atom is 0.251 e. The van der Waals surface area contributed by atoms with Crippen molar-refractivity contribution in [2.75, 3.05) is 25.0 Å². The number of fused-ring (bicyclic) bond motifs is 1. The maximum atomic E-state index is 12.3. The molecular formula is C19H23N5O. The number of aromatic nitrogens is 3. The molecule has 1 amide bonds. The number of rotatable bonds is 7. The van der Waals surface area contributed by atoms with Gasteiger partial charge in [0.2, 0.25) is 0 Å². The summed E-state index contributed by atoms with van der Waals surface area (Å²) in [5.74, 6) is 0.769. The average molecular weight is 337 g/mol. The zero-order valence-electron chi connectivity index (χ0n) is 14.6. The smallest absolute Gasteiger partial charge is 0.251 e. The van der Waals surface area contributed by atoms with Gasteiger partial charge in [-0.1, -0.05) is 13.0 Å². The van der Waals surface area contributed by atoms with Crippen LogP contribution >= 0.6 is 0 Å². The Labute approximate surface area is 147 Å². The molecule has 1 aromatic carbocycles. The zero-order chi connectivity index (χ0) is 17.6. The van der Waals surface area contributed by atoms with Gasteiger partial charge in [0.15, 0.2) is 5.65 Å². The Morgan fingerprint density at radius 2 is 1.96 bits per heavy atom. The number of amides is 1. The second kappa shape index (κ2) is 7.79. The van der Waals surface area contributed by atoms with Crippen molar-refractivity contribution in [3.05, 3.63) is 60.0 Å². The van der Waals surface area contributed by atoms with E-state index >= 15 is 0 Å². The van der Waals surface area contributed by atoms with Crippen LogP contribution in [0.5, 0.6) is 0 Å². The number of hydrogen-bond acceptors (Lipinski definition) is 4.